The van der Waals surface area contributed by atoms with Crippen LogP contribution in [0.4, 0.5) is 24.1 Å². The number of hydrogen-bond acceptors (Lipinski definition) is 16. The molecule has 4 rings (SSSR count). The van der Waals surface area contributed by atoms with E-state index >= 15 is 0 Å². The van der Waals surface area contributed by atoms with Gasteiger partial charge in [0.05, 0.1) is 54.0 Å². The number of unbranched alkanes of at least 4 members (excludes halogenated alkanes) is 2. The van der Waals surface area contributed by atoms with Crippen molar-refractivity contribution < 1.29 is 80.5 Å². The predicted octanol–water partition coefficient (Wildman–Crippen LogP) is 8.12. The molecule has 0 spiro atoms. The van der Waals surface area contributed by atoms with E-state index in [2.05, 4.69) is 26.6 Å². The molecule has 2 fully saturated rings. The number of nitrogens with zero attached hydrogens (tertiary/aromatic N) is 4. The fourth-order valence-electron chi connectivity index (χ4n) is 13.5. The van der Waals surface area contributed by atoms with Crippen molar-refractivity contribution in [2.75, 3.05) is 72.6 Å². The van der Waals surface area contributed by atoms with E-state index in [1.165, 1.54) is 48.9 Å². The van der Waals surface area contributed by atoms with E-state index < -0.39 is 101 Å². The van der Waals surface area contributed by atoms with Gasteiger partial charge in [0.1, 0.15) is 18.2 Å². The second kappa shape index (κ2) is 43.5. The number of amides is 11. The average Bonchev–Trinajstić information content (AvgIpc) is 1.35. The van der Waals surface area contributed by atoms with E-state index in [9.17, 15) is 66.3 Å². The van der Waals surface area contributed by atoms with Crippen molar-refractivity contribution in [3.63, 3.8) is 0 Å². The molecule has 11 amide bonds. The Morgan fingerprint density at radius 2 is 1.41 bits per heavy atom. The number of hydrogen-bond donors (Lipinski definition) is 6. The number of ether oxygens (including phenoxy) is 3. The molecular formula is C74H114F2N10O15S. The van der Waals surface area contributed by atoms with Crippen LogP contribution in [-0.4, -0.2) is 199 Å². The summed E-state index contributed by atoms with van der Waals surface area (Å²) in [6.07, 6.45) is 2.00. The van der Waals surface area contributed by atoms with Crippen molar-refractivity contribution >= 4 is 88.4 Å². The molecule has 25 nitrogen and oxygen atoms in total. The standard InChI is InChI=1S/C74H114F2N10O15S/c1-15-47(8)67(59(99-13)41-63(91)85-37-21-26-56(85)68(100-14)48(9)69(93)79-35-33-52-54(75)24-19-25-55(52)76)83(11)71(95)53(44(2)3)40-58(88)66(46(6)7)84(12)74(98)101-43-49-29-31-51(32-30-49)81-70(94)50(23-20-34-80-73(77)97)39-57(87)65(45(4)5)82-62(90)27-17-16-18-36-86-64(92)42-60(72(86)96)102-38-22-28-61(89)78-10/h19,24-25,29-32,44-48,50,53,56,59-60,65-68H,15-18,20-23,26-28,33-43H2,1-14H3,(H,78,89)(H,79,93)(H,81,94)(H,82,90)(H3,77,80,97)/t47-,48+,50+,53-,56-,59+,60?,65-,66-,67-,68+/m0/s1. The van der Waals surface area contributed by atoms with Crippen LogP contribution in [-0.2, 0) is 75.2 Å². The van der Waals surface area contributed by atoms with Crippen LogP contribution >= 0.6 is 11.8 Å². The van der Waals surface area contributed by atoms with E-state index in [1.807, 2.05) is 27.7 Å². The molecule has 0 aromatic heterocycles. The Kier molecular flexibility index (Phi) is 37.0. The number of primary amides is 1. The molecule has 570 valence electrons. The zero-order chi connectivity index (χ0) is 76.1. The van der Waals surface area contributed by atoms with Crippen molar-refractivity contribution in [3.05, 3.63) is 65.2 Å². The molecule has 2 aromatic rings. The summed E-state index contributed by atoms with van der Waals surface area (Å²) < 4.78 is 46.3. The van der Waals surface area contributed by atoms with Crippen LogP contribution in [0.1, 0.15) is 170 Å². The minimum atomic E-state index is -0.992. The molecule has 2 aliphatic heterocycles. The maximum Gasteiger partial charge on any atom is 0.410 e. The SMILES string of the molecule is CC[C@H](C)[C@@H]([C@@H](CC(=O)N1CCC[C@H]1[C@H](OC)[C@@H](C)C(=O)NCCc1c(F)cccc1F)OC)N(C)C(=O)[C@@H](CC(=O)[C@H](C(C)C)N(C)C(=O)OCc1ccc(NC(=O)[C@H](CCCNC(N)=O)CC(=O)[C@@H](NC(=O)CCCCCN2C(=O)CC(SCCCC(=O)NC)C2=O)C(C)C)cc1)C(C)C. The molecule has 2 aliphatic rings. The summed E-state index contributed by atoms with van der Waals surface area (Å²) in [5, 5.41) is 13.1. The number of benzene rings is 2. The van der Waals surface area contributed by atoms with Gasteiger partial charge >= 0.3 is 12.1 Å². The van der Waals surface area contributed by atoms with Gasteiger partial charge in [0.25, 0.3) is 0 Å². The Labute approximate surface area is 605 Å². The van der Waals surface area contributed by atoms with Crippen molar-refractivity contribution in [1.82, 2.24) is 40.9 Å². The van der Waals surface area contributed by atoms with Crippen molar-refractivity contribution in [2.45, 2.75) is 213 Å². The number of carbonyl (C=O) groups excluding carboxylic acids is 12. The molecule has 102 heavy (non-hydrogen) atoms. The Balaban J connectivity index is 1.34. The first-order valence-electron chi connectivity index (χ1n) is 36.0. The summed E-state index contributed by atoms with van der Waals surface area (Å²) in [4.78, 5) is 167. The number of ketones is 2. The van der Waals surface area contributed by atoms with Gasteiger partial charge in [0, 0.05) is 117 Å². The fraction of sp³-hybridized carbons (Fsp3) is 0.676. The molecule has 2 saturated heterocycles. The molecule has 1 unspecified atom stereocenters. The third-order valence-electron chi connectivity index (χ3n) is 19.6. The van der Waals surface area contributed by atoms with Crippen LogP contribution in [0.2, 0.25) is 0 Å². The van der Waals surface area contributed by atoms with Crippen LogP contribution in [0.5, 0.6) is 0 Å². The van der Waals surface area contributed by atoms with Gasteiger partial charge in [-0.05, 0) is 111 Å². The predicted molar refractivity (Wildman–Crippen MR) is 385 cm³/mol. The highest BCUT2D eigenvalue weighted by atomic mass is 32.2. The number of rotatable bonds is 45. The first kappa shape index (κ1) is 86.8. The number of carbonyl (C=O) groups is 12. The highest BCUT2D eigenvalue weighted by Crippen LogP contribution is 2.33. The average molecular weight is 1450 g/mol. The Morgan fingerprint density at radius 1 is 0.745 bits per heavy atom. The number of imide groups is 1. The van der Waals surface area contributed by atoms with Gasteiger partial charge in [0.2, 0.25) is 47.3 Å². The molecule has 11 atom stereocenters. The quantitative estimate of drug-likeness (QED) is 0.0269. The van der Waals surface area contributed by atoms with Crippen molar-refractivity contribution in [3.8, 4) is 0 Å². The molecule has 0 bridgehead atoms. The van der Waals surface area contributed by atoms with Gasteiger partial charge in [-0.25, -0.2) is 18.4 Å². The number of Topliss-reactive ketones (excluding diaryl/α,β-unsaturated/α-hetero) is 2. The minimum absolute atomic E-state index is 0.0165. The van der Waals surface area contributed by atoms with Crippen LogP contribution in [0.15, 0.2) is 42.5 Å². The second-order valence-corrected chi connectivity index (χ2v) is 29.3. The molecule has 0 saturated carbocycles. The number of nitrogens with one attached hydrogen (secondary N) is 5. The molecule has 7 N–H and O–H groups in total. The van der Waals surface area contributed by atoms with Gasteiger partial charge in [-0.3, -0.25) is 52.8 Å². The lowest BCUT2D eigenvalue weighted by molar-refractivity contribution is -0.149. The van der Waals surface area contributed by atoms with Crippen LogP contribution in [0, 0.1) is 53.1 Å². The first-order chi connectivity index (χ1) is 48.3. The van der Waals surface area contributed by atoms with E-state index in [4.69, 9.17) is 19.9 Å². The maximum atomic E-state index is 14.9. The van der Waals surface area contributed by atoms with E-state index in [0.29, 0.717) is 81.3 Å². The van der Waals surface area contributed by atoms with Crippen molar-refractivity contribution in [1.29, 1.82) is 0 Å². The van der Waals surface area contributed by atoms with Gasteiger partial charge in [-0.15, -0.1) is 11.8 Å². The lowest BCUT2D eigenvalue weighted by Crippen LogP contribution is -2.54. The summed E-state index contributed by atoms with van der Waals surface area (Å²) in [5.41, 5.74) is 6.06. The third-order valence-corrected chi connectivity index (χ3v) is 20.9. The van der Waals surface area contributed by atoms with Crippen LogP contribution in [0.3, 0.4) is 0 Å². The number of nitrogens with two attached hydrogens (primary N) is 1. The monoisotopic (exact) mass is 1450 g/mol. The number of likely N-dealkylation sites (N-methyl/N-ethyl adjacent to an activating group) is 2. The van der Waals surface area contributed by atoms with Crippen LogP contribution < -0.4 is 32.3 Å². The molecule has 2 aromatic carbocycles. The van der Waals surface area contributed by atoms with Gasteiger partial charge in [-0.2, -0.15) is 0 Å². The Bertz CT molecular complexity index is 3120. The molecule has 2 heterocycles. The fourth-order valence-corrected chi connectivity index (χ4v) is 14.7. The molecule has 0 aliphatic carbocycles. The van der Waals surface area contributed by atoms with Crippen molar-refractivity contribution in [2.24, 2.45) is 47.2 Å². The maximum absolute atomic E-state index is 14.9. The third kappa shape index (κ3) is 26.3. The normalized spacial score (nSPS) is 17.2. The van der Waals surface area contributed by atoms with Crippen LogP contribution in [0.25, 0.3) is 0 Å². The number of urea groups is 1. The van der Waals surface area contributed by atoms with Gasteiger partial charge in [0.15, 0.2) is 11.6 Å². The number of halogens is 2. The minimum Gasteiger partial charge on any atom is -0.445 e. The van der Waals surface area contributed by atoms with E-state index in [-0.39, 0.29) is 142 Å². The molecule has 0 radical (unpaired) electrons. The number of thioether (sulfide) groups is 1. The topological polar surface area (TPSA) is 332 Å². The summed E-state index contributed by atoms with van der Waals surface area (Å²) in [6, 6.07) is 6.32. The molecule has 28 heteroatoms. The largest absolute Gasteiger partial charge is 0.445 e. The summed E-state index contributed by atoms with van der Waals surface area (Å²) >= 11 is 1.37. The Morgan fingerprint density at radius 3 is 2.01 bits per heavy atom. The number of methoxy groups -OCH3 is 2. The highest BCUT2D eigenvalue weighted by Gasteiger charge is 2.44. The number of likely N-dealkylation sites (tertiary alicyclic amines) is 2. The van der Waals surface area contributed by atoms with Gasteiger partial charge < -0.3 is 61.2 Å². The summed E-state index contributed by atoms with van der Waals surface area (Å²) in [7, 11) is 7.64. The van der Waals surface area contributed by atoms with E-state index in [1.54, 1.807) is 82.8 Å². The lowest BCUT2D eigenvalue weighted by Gasteiger charge is -2.41. The van der Waals surface area contributed by atoms with Gasteiger partial charge in [-0.1, -0.05) is 93.4 Å². The molecular weight excluding hydrogens is 1340 g/mol. The smallest absolute Gasteiger partial charge is 0.410 e. The zero-order valence-corrected chi connectivity index (χ0v) is 63.2. The lowest BCUT2D eigenvalue weighted by atomic mass is 9.83. The Hall–Kier alpha value is -7.59. The summed E-state index contributed by atoms with van der Waals surface area (Å²) in [6.45, 7) is 17.0. The summed E-state index contributed by atoms with van der Waals surface area (Å²) in [5.74, 6) is -7.68. The first-order valence-corrected chi connectivity index (χ1v) is 37.0. The second-order valence-electron chi connectivity index (χ2n) is 28.0. The zero-order valence-electron chi connectivity index (χ0n) is 62.3. The van der Waals surface area contributed by atoms with E-state index in [0.717, 1.165) is 12.1 Å². The highest BCUT2D eigenvalue weighted by molar-refractivity contribution is 8.00. The number of anilines is 1.